The topological polar surface area (TPSA) is 35.2 Å². The number of ether oxygens (including phenoxy) is 1. The Labute approximate surface area is 123 Å². The minimum absolute atomic E-state index is 0.0694. The van der Waals surface area contributed by atoms with Crippen molar-refractivity contribution in [2.45, 2.75) is 69.9 Å². The Morgan fingerprint density at radius 3 is 2.35 bits per heavy atom. The second-order valence-electron chi connectivity index (χ2n) is 6.04. The van der Waals surface area contributed by atoms with Crippen LogP contribution in [-0.4, -0.2) is 18.2 Å². The van der Waals surface area contributed by atoms with Crippen molar-refractivity contribution >= 4 is 0 Å². The molecule has 0 amide bonds. The van der Waals surface area contributed by atoms with E-state index in [0.717, 1.165) is 32.3 Å². The quantitative estimate of drug-likeness (QED) is 0.794. The lowest BCUT2D eigenvalue weighted by Gasteiger charge is -2.38. The van der Waals surface area contributed by atoms with Crippen LogP contribution >= 0.6 is 0 Å². The molecule has 1 unspecified atom stereocenters. The lowest BCUT2D eigenvalue weighted by atomic mass is 9.83. The first-order valence-corrected chi connectivity index (χ1v) is 8.20. The largest absolute Gasteiger partial charge is 0.374 e. The summed E-state index contributed by atoms with van der Waals surface area (Å²) in [6.07, 6.45) is 9.53. The van der Waals surface area contributed by atoms with Crippen LogP contribution in [0.25, 0.3) is 0 Å². The maximum Gasteiger partial charge on any atom is 0.0832 e. The lowest BCUT2D eigenvalue weighted by Crippen LogP contribution is -2.50. The van der Waals surface area contributed by atoms with Gasteiger partial charge in [-0.25, -0.2) is 0 Å². The zero-order valence-electron chi connectivity index (χ0n) is 12.8. The highest BCUT2D eigenvalue weighted by molar-refractivity contribution is 5.15. The first-order chi connectivity index (χ1) is 9.77. The van der Waals surface area contributed by atoms with E-state index < -0.39 is 0 Å². The van der Waals surface area contributed by atoms with E-state index in [0.29, 0.717) is 0 Å². The number of hydrogen-bond donors (Lipinski definition) is 1. The normalized spacial score (nSPS) is 20.3. The van der Waals surface area contributed by atoms with Crippen LogP contribution in [0.2, 0.25) is 0 Å². The molecule has 1 aliphatic carbocycles. The van der Waals surface area contributed by atoms with Gasteiger partial charge in [0, 0.05) is 12.6 Å². The first kappa shape index (κ1) is 15.5. The van der Waals surface area contributed by atoms with Crippen LogP contribution in [-0.2, 0) is 11.2 Å². The molecule has 1 fully saturated rings. The summed E-state index contributed by atoms with van der Waals surface area (Å²) in [4.78, 5) is 0. The minimum Gasteiger partial charge on any atom is -0.374 e. The van der Waals surface area contributed by atoms with Gasteiger partial charge in [0.2, 0.25) is 0 Å². The lowest BCUT2D eigenvalue weighted by molar-refractivity contribution is -0.0699. The fourth-order valence-corrected chi connectivity index (χ4v) is 3.47. The molecule has 2 nitrogen and oxygen atoms in total. The zero-order valence-corrected chi connectivity index (χ0v) is 12.8. The van der Waals surface area contributed by atoms with Crippen molar-refractivity contribution in [1.29, 1.82) is 0 Å². The Balaban J connectivity index is 1.97. The van der Waals surface area contributed by atoms with E-state index in [4.69, 9.17) is 10.5 Å². The maximum absolute atomic E-state index is 6.56. The third kappa shape index (κ3) is 4.07. The smallest absolute Gasteiger partial charge is 0.0832 e. The van der Waals surface area contributed by atoms with Gasteiger partial charge in [0.05, 0.1) is 5.60 Å². The van der Waals surface area contributed by atoms with Gasteiger partial charge in [-0.2, -0.15) is 0 Å². The van der Waals surface area contributed by atoms with Gasteiger partial charge in [-0.05, 0) is 38.2 Å². The van der Waals surface area contributed by atoms with Gasteiger partial charge >= 0.3 is 0 Å². The molecule has 0 spiro atoms. The molecule has 2 rings (SSSR count). The van der Waals surface area contributed by atoms with Gasteiger partial charge < -0.3 is 10.5 Å². The Morgan fingerprint density at radius 1 is 1.10 bits per heavy atom. The Bertz CT molecular complexity index is 368. The van der Waals surface area contributed by atoms with Crippen LogP contribution in [0.5, 0.6) is 0 Å². The molecule has 0 aromatic heterocycles. The van der Waals surface area contributed by atoms with Gasteiger partial charge in [-0.15, -0.1) is 0 Å². The molecular formula is C18H29NO. The Morgan fingerprint density at radius 2 is 1.75 bits per heavy atom. The van der Waals surface area contributed by atoms with E-state index in [9.17, 15) is 0 Å². The van der Waals surface area contributed by atoms with Crippen LogP contribution in [0.15, 0.2) is 30.3 Å². The number of benzene rings is 1. The summed E-state index contributed by atoms with van der Waals surface area (Å²) in [5, 5.41) is 0. The molecule has 1 aromatic carbocycles. The van der Waals surface area contributed by atoms with E-state index in [-0.39, 0.29) is 11.6 Å². The SMILES string of the molecule is CCOC1(C(N)CCc2ccccc2)CCCCCC1. The summed E-state index contributed by atoms with van der Waals surface area (Å²) in [7, 11) is 0. The monoisotopic (exact) mass is 275 g/mol. The van der Waals surface area contributed by atoms with Crippen LogP contribution in [0, 0.1) is 0 Å². The second kappa shape index (κ2) is 7.80. The summed E-state index contributed by atoms with van der Waals surface area (Å²) < 4.78 is 6.18. The van der Waals surface area contributed by atoms with Gasteiger partial charge in [0.25, 0.3) is 0 Å². The molecule has 20 heavy (non-hydrogen) atoms. The summed E-state index contributed by atoms with van der Waals surface area (Å²) in [5.41, 5.74) is 7.87. The van der Waals surface area contributed by atoms with E-state index >= 15 is 0 Å². The molecule has 1 atom stereocenters. The molecule has 0 saturated heterocycles. The van der Waals surface area contributed by atoms with Crippen molar-refractivity contribution in [3.05, 3.63) is 35.9 Å². The molecule has 0 radical (unpaired) electrons. The number of aryl methyl sites for hydroxylation is 1. The number of nitrogens with two attached hydrogens (primary N) is 1. The van der Waals surface area contributed by atoms with E-state index in [1.54, 1.807) is 0 Å². The van der Waals surface area contributed by atoms with Crippen LogP contribution in [0.3, 0.4) is 0 Å². The van der Waals surface area contributed by atoms with Crippen molar-refractivity contribution in [2.75, 3.05) is 6.61 Å². The van der Waals surface area contributed by atoms with E-state index in [1.807, 2.05) is 0 Å². The molecule has 0 heterocycles. The highest BCUT2D eigenvalue weighted by Crippen LogP contribution is 2.34. The fraction of sp³-hybridized carbons (Fsp3) is 0.667. The first-order valence-electron chi connectivity index (χ1n) is 8.20. The number of rotatable bonds is 6. The highest BCUT2D eigenvalue weighted by Gasteiger charge is 2.37. The Hall–Kier alpha value is -0.860. The summed E-state index contributed by atoms with van der Waals surface area (Å²) in [5.74, 6) is 0. The molecule has 1 saturated carbocycles. The molecule has 1 aromatic rings. The third-order valence-electron chi connectivity index (χ3n) is 4.64. The summed E-state index contributed by atoms with van der Waals surface area (Å²) in [6, 6.07) is 10.8. The minimum atomic E-state index is -0.0694. The van der Waals surface area contributed by atoms with Gasteiger partial charge in [0.1, 0.15) is 0 Å². The van der Waals surface area contributed by atoms with Gasteiger partial charge in [0.15, 0.2) is 0 Å². The Kier molecular flexibility index (Phi) is 6.06. The van der Waals surface area contributed by atoms with Crippen molar-refractivity contribution in [1.82, 2.24) is 0 Å². The van der Waals surface area contributed by atoms with Gasteiger partial charge in [-0.1, -0.05) is 56.0 Å². The third-order valence-corrected chi connectivity index (χ3v) is 4.64. The second-order valence-corrected chi connectivity index (χ2v) is 6.04. The van der Waals surface area contributed by atoms with Crippen molar-refractivity contribution in [3.63, 3.8) is 0 Å². The predicted octanol–water partition coefficient (Wildman–Crippen LogP) is 4.08. The maximum atomic E-state index is 6.56. The molecule has 112 valence electrons. The van der Waals surface area contributed by atoms with Crippen LogP contribution < -0.4 is 5.73 Å². The van der Waals surface area contributed by atoms with E-state index in [2.05, 4.69) is 37.3 Å². The molecule has 0 bridgehead atoms. The molecule has 1 aliphatic rings. The zero-order chi connectivity index (χ0) is 14.3. The van der Waals surface area contributed by atoms with Crippen molar-refractivity contribution < 1.29 is 4.74 Å². The number of hydrogen-bond acceptors (Lipinski definition) is 2. The molecular weight excluding hydrogens is 246 g/mol. The summed E-state index contributed by atoms with van der Waals surface area (Å²) in [6.45, 7) is 2.87. The van der Waals surface area contributed by atoms with Crippen molar-refractivity contribution in [3.8, 4) is 0 Å². The van der Waals surface area contributed by atoms with Crippen molar-refractivity contribution in [2.24, 2.45) is 5.73 Å². The predicted molar refractivity (Wildman–Crippen MR) is 84.8 cm³/mol. The summed E-state index contributed by atoms with van der Waals surface area (Å²) >= 11 is 0. The van der Waals surface area contributed by atoms with Crippen LogP contribution in [0.4, 0.5) is 0 Å². The van der Waals surface area contributed by atoms with Crippen LogP contribution in [0.1, 0.15) is 57.4 Å². The average Bonchev–Trinajstić information content (AvgIpc) is 2.73. The fourth-order valence-electron chi connectivity index (χ4n) is 3.47. The standard InChI is InChI=1S/C18H29NO/c1-2-20-18(14-8-3-4-9-15-18)17(19)13-12-16-10-6-5-7-11-16/h5-7,10-11,17H,2-4,8-9,12-15,19H2,1H3. The molecule has 2 heteroatoms. The van der Waals surface area contributed by atoms with E-state index in [1.165, 1.54) is 31.2 Å². The molecule has 0 aliphatic heterocycles. The average molecular weight is 275 g/mol. The molecule has 2 N–H and O–H groups in total. The van der Waals surface area contributed by atoms with Gasteiger partial charge in [-0.3, -0.25) is 0 Å². The highest BCUT2D eigenvalue weighted by atomic mass is 16.5.